The van der Waals surface area contributed by atoms with Gasteiger partial charge >= 0.3 is 0 Å². The van der Waals surface area contributed by atoms with Gasteiger partial charge in [0, 0.05) is 19.1 Å². The van der Waals surface area contributed by atoms with E-state index in [2.05, 4.69) is 10.3 Å². The van der Waals surface area contributed by atoms with Crippen LogP contribution in [0, 0.1) is 5.92 Å². The molecule has 5 nitrogen and oxygen atoms in total. The molecule has 0 saturated carbocycles. The summed E-state index contributed by atoms with van der Waals surface area (Å²) in [6.45, 7) is 2.15. The van der Waals surface area contributed by atoms with Crippen LogP contribution in [0.25, 0.3) is 0 Å². The quantitative estimate of drug-likeness (QED) is 0.842. The molecular formula is C11H16ClN3O2. The molecule has 1 aliphatic rings. The molecule has 2 heterocycles. The normalized spacial score (nSPS) is 18.5. The number of hydrogen-bond acceptors (Lipinski definition) is 4. The molecule has 1 aromatic rings. The highest BCUT2D eigenvalue weighted by atomic mass is 35.5. The monoisotopic (exact) mass is 257 g/mol. The predicted octanol–water partition coefficient (Wildman–Crippen LogP) is 0.852. The van der Waals surface area contributed by atoms with E-state index in [4.69, 9.17) is 10.5 Å². The molecule has 1 atom stereocenters. The number of carbonyl (C=O) groups excluding carboxylic acids is 1. The first-order valence-electron chi connectivity index (χ1n) is 5.34. The maximum Gasteiger partial charge on any atom is 0.269 e. The number of nitrogen functional groups attached to an aromatic ring is 1. The van der Waals surface area contributed by atoms with Gasteiger partial charge in [-0.1, -0.05) is 6.07 Å². The van der Waals surface area contributed by atoms with E-state index in [1.807, 2.05) is 0 Å². The third-order valence-electron chi connectivity index (χ3n) is 2.58. The fourth-order valence-electron chi connectivity index (χ4n) is 1.65. The number of aromatic nitrogens is 1. The number of anilines is 1. The number of halogens is 1. The van der Waals surface area contributed by atoms with Gasteiger partial charge in [-0.25, -0.2) is 4.98 Å². The van der Waals surface area contributed by atoms with Gasteiger partial charge in [-0.2, -0.15) is 0 Å². The van der Waals surface area contributed by atoms with Crippen molar-refractivity contribution in [3.63, 3.8) is 0 Å². The lowest BCUT2D eigenvalue weighted by Gasteiger charge is -2.09. The molecule has 0 aromatic carbocycles. The van der Waals surface area contributed by atoms with E-state index in [1.165, 1.54) is 0 Å². The van der Waals surface area contributed by atoms with Crippen molar-refractivity contribution in [3.8, 4) is 0 Å². The van der Waals surface area contributed by atoms with Crippen molar-refractivity contribution in [2.45, 2.75) is 6.42 Å². The summed E-state index contributed by atoms with van der Waals surface area (Å²) in [4.78, 5) is 15.6. The van der Waals surface area contributed by atoms with Gasteiger partial charge in [0.05, 0.1) is 6.61 Å². The van der Waals surface area contributed by atoms with E-state index in [0.29, 0.717) is 24.0 Å². The Kier molecular flexibility index (Phi) is 5.18. The number of amides is 1. The molecule has 1 amide bonds. The van der Waals surface area contributed by atoms with E-state index < -0.39 is 0 Å². The summed E-state index contributed by atoms with van der Waals surface area (Å²) in [6.07, 6.45) is 1.00. The van der Waals surface area contributed by atoms with Crippen LogP contribution in [-0.4, -0.2) is 30.6 Å². The summed E-state index contributed by atoms with van der Waals surface area (Å²) in [5.74, 6) is 0.598. The maximum absolute atomic E-state index is 11.7. The Bertz CT molecular complexity index is 381. The molecule has 0 spiro atoms. The van der Waals surface area contributed by atoms with Crippen LogP contribution in [0.2, 0.25) is 0 Å². The second-order valence-electron chi connectivity index (χ2n) is 3.89. The van der Waals surface area contributed by atoms with E-state index in [9.17, 15) is 4.79 Å². The van der Waals surface area contributed by atoms with Crippen LogP contribution < -0.4 is 11.1 Å². The summed E-state index contributed by atoms with van der Waals surface area (Å²) >= 11 is 0. The largest absolute Gasteiger partial charge is 0.384 e. The molecule has 0 radical (unpaired) electrons. The SMILES string of the molecule is Cl.Nc1cccc(C(=O)NCC2CCOC2)n1. The highest BCUT2D eigenvalue weighted by Gasteiger charge is 2.17. The van der Waals surface area contributed by atoms with E-state index in [1.54, 1.807) is 18.2 Å². The van der Waals surface area contributed by atoms with Crippen LogP contribution in [-0.2, 0) is 4.74 Å². The highest BCUT2D eigenvalue weighted by Crippen LogP contribution is 2.10. The lowest BCUT2D eigenvalue weighted by molar-refractivity contribution is 0.0940. The lowest BCUT2D eigenvalue weighted by Crippen LogP contribution is -2.30. The highest BCUT2D eigenvalue weighted by molar-refractivity contribution is 5.92. The summed E-state index contributed by atoms with van der Waals surface area (Å²) in [6, 6.07) is 5.02. The van der Waals surface area contributed by atoms with Crippen LogP contribution in [0.1, 0.15) is 16.9 Å². The van der Waals surface area contributed by atoms with E-state index in [-0.39, 0.29) is 18.3 Å². The van der Waals surface area contributed by atoms with Crippen molar-refractivity contribution in [3.05, 3.63) is 23.9 Å². The number of rotatable bonds is 3. The minimum Gasteiger partial charge on any atom is -0.384 e. The summed E-state index contributed by atoms with van der Waals surface area (Å²) in [5, 5.41) is 2.83. The Morgan fingerprint density at radius 1 is 1.59 bits per heavy atom. The first kappa shape index (κ1) is 13.7. The molecule has 0 bridgehead atoms. The summed E-state index contributed by atoms with van der Waals surface area (Å²) < 4.78 is 5.23. The molecule has 17 heavy (non-hydrogen) atoms. The van der Waals surface area contributed by atoms with Gasteiger partial charge in [0.25, 0.3) is 5.91 Å². The van der Waals surface area contributed by atoms with Crippen LogP contribution in [0.5, 0.6) is 0 Å². The average molecular weight is 258 g/mol. The first-order valence-corrected chi connectivity index (χ1v) is 5.34. The van der Waals surface area contributed by atoms with Gasteiger partial charge in [0.2, 0.25) is 0 Å². The van der Waals surface area contributed by atoms with Gasteiger partial charge in [0.1, 0.15) is 11.5 Å². The van der Waals surface area contributed by atoms with E-state index >= 15 is 0 Å². The smallest absolute Gasteiger partial charge is 0.269 e. The van der Waals surface area contributed by atoms with Gasteiger partial charge in [-0.3, -0.25) is 4.79 Å². The van der Waals surface area contributed by atoms with Crippen molar-refractivity contribution in [2.24, 2.45) is 5.92 Å². The molecule has 1 unspecified atom stereocenters. The zero-order valence-electron chi connectivity index (χ0n) is 9.39. The lowest BCUT2D eigenvalue weighted by atomic mass is 10.1. The van der Waals surface area contributed by atoms with Crippen molar-refractivity contribution >= 4 is 24.1 Å². The summed E-state index contributed by atoms with van der Waals surface area (Å²) in [7, 11) is 0. The minimum absolute atomic E-state index is 0. The Labute approximate surface area is 106 Å². The van der Waals surface area contributed by atoms with Crippen molar-refractivity contribution in [2.75, 3.05) is 25.5 Å². The zero-order chi connectivity index (χ0) is 11.4. The van der Waals surface area contributed by atoms with Gasteiger partial charge in [0.15, 0.2) is 0 Å². The standard InChI is InChI=1S/C11H15N3O2.ClH/c12-10-3-1-2-9(14-10)11(15)13-6-8-4-5-16-7-8;/h1-3,8H,4-7H2,(H2,12,14)(H,13,15);1H. The fourth-order valence-corrected chi connectivity index (χ4v) is 1.65. The predicted molar refractivity (Wildman–Crippen MR) is 67.2 cm³/mol. The molecule has 1 aliphatic heterocycles. The molecule has 1 saturated heterocycles. The third kappa shape index (κ3) is 3.87. The molecule has 2 rings (SSSR count). The molecular weight excluding hydrogens is 242 g/mol. The van der Waals surface area contributed by atoms with Gasteiger partial charge < -0.3 is 15.8 Å². The zero-order valence-corrected chi connectivity index (χ0v) is 10.2. The van der Waals surface area contributed by atoms with Crippen molar-refractivity contribution in [1.82, 2.24) is 10.3 Å². The molecule has 3 N–H and O–H groups in total. The van der Waals surface area contributed by atoms with Crippen LogP contribution >= 0.6 is 12.4 Å². The third-order valence-corrected chi connectivity index (χ3v) is 2.58. The van der Waals surface area contributed by atoms with Crippen molar-refractivity contribution in [1.29, 1.82) is 0 Å². The molecule has 1 aromatic heterocycles. The second kappa shape index (κ2) is 6.42. The number of nitrogens with one attached hydrogen (secondary N) is 1. The number of carbonyl (C=O) groups is 1. The number of pyridine rings is 1. The minimum atomic E-state index is -0.181. The van der Waals surface area contributed by atoms with Crippen LogP contribution in [0.3, 0.4) is 0 Å². The van der Waals surface area contributed by atoms with Gasteiger partial charge in [-0.05, 0) is 18.6 Å². The topological polar surface area (TPSA) is 77.2 Å². The Morgan fingerprint density at radius 3 is 3.06 bits per heavy atom. The maximum atomic E-state index is 11.7. The number of ether oxygens (including phenoxy) is 1. The van der Waals surface area contributed by atoms with Crippen molar-refractivity contribution < 1.29 is 9.53 Å². The van der Waals surface area contributed by atoms with Crippen LogP contribution in [0.4, 0.5) is 5.82 Å². The molecule has 1 fully saturated rings. The molecule has 94 valence electrons. The summed E-state index contributed by atoms with van der Waals surface area (Å²) in [5.41, 5.74) is 5.86. The fraction of sp³-hybridized carbons (Fsp3) is 0.455. The van der Waals surface area contributed by atoms with Crippen LogP contribution in [0.15, 0.2) is 18.2 Å². The average Bonchev–Trinajstić information content (AvgIpc) is 2.78. The number of nitrogens with two attached hydrogens (primary N) is 1. The second-order valence-corrected chi connectivity index (χ2v) is 3.89. The Balaban J connectivity index is 0.00000144. The first-order chi connectivity index (χ1) is 7.75. The molecule has 0 aliphatic carbocycles. The van der Waals surface area contributed by atoms with Gasteiger partial charge in [-0.15, -0.1) is 12.4 Å². The Hall–Kier alpha value is -1.33. The molecule has 6 heteroatoms. The number of hydrogen-bond donors (Lipinski definition) is 2. The Morgan fingerprint density at radius 2 is 2.41 bits per heavy atom. The number of nitrogens with zero attached hydrogens (tertiary/aromatic N) is 1. The van der Waals surface area contributed by atoms with E-state index in [0.717, 1.165) is 19.6 Å².